The normalized spacial score (nSPS) is 63.5. The van der Waals surface area contributed by atoms with Crippen LogP contribution in [0, 0.1) is 41.4 Å². The SMILES string of the molecule is CC1CC2C(CC3C(C)C3C)CC12. The first kappa shape index (κ1) is 8.32. The van der Waals surface area contributed by atoms with E-state index in [1.807, 2.05) is 0 Å². The van der Waals surface area contributed by atoms with Crippen LogP contribution >= 0.6 is 0 Å². The van der Waals surface area contributed by atoms with Gasteiger partial charge in [0.05, 0.1) is 0 Å². The number of rotatable bonds is 2. The first-order valence-electron chi connectivity index (χ1n) is 6.18. The second-order valence-corrected chi connectivity index (χ2v) is 6.15. The van der Waals surface area contributed by atoms with Gasteiger partial charge in [0.15, 0.2) is 0 Å². The van der Waals surface area contributed by atoms with Crippen LogP contribution in [-0.2, 0) is 0 Å². The van der Waals surface area contributed by atoms with Crippen molar-refractivity contribution in [2.45, 2.75) is 40.0 Å². The Balaban J connectivity index is 1.49. The maximum absolute atomic E-state index is 2.44. The predicted octanol–water partition coefficient (Wildman–Crippen LogP) is 3.57. The molecular weight excluding hydrogens is 156 g/mol. The molecule has 6 unspecified atom stereocenters. The standard InChI is InChI=1S/C13H22/c1-7-4-13-10(5-11(7)13)6-12-8(2)9(12)3/h7-13H,4-6H2,1-3H3. The fourth-order valence-electron chi connectivity index (χ4n) is 4.10. The summed E-state index contributed by atoms with van der Waals surface area (Å²) in [5, 5.41) is 0. The number of hydrogen-bond acceptors (Lipinski definition) is 0. The largest absolute Gasteiger partial charge is 0.0622 e. The van der Waals surface area contributed by atoms with Crippen LogP contribution in [0.1, 0.15) is 40.0 Å². The van der Waals surface area contributed by atoms with Crippen molar-refractivity contribution in [3.63, 3.8) is 0 Å². The minimum absolute atomic E-state index is 1.05. The Labute approximate surface area is 82.1 Å². The Hall–Kier alpha value is 0. The zero-order valence-electron chi connectivity index (χ0n) is 9.16. The van der Waals surface area contributed by atoms with Gasteiger partial charge >= 0.3 is 0 Å². The van der Waals surface area contributed by atoms with Crippen LogP contribution in [0.15, 0.2) is 0 Å². The third-order valence-corrected chi connectivity index (χ3v) is 5.72. The van der Waals surface area contributed by atoms with Crippen LogP contribution in [0.3, 0.4) is 0 Å². The molecule has 3 rings (SSSR count). The summed E-state index contributed by atoms with van der Waals surface area (Å²) in [6.07, 6.45) is 4.73. The lowest BCUT2D eigenvalue weighted by molar-refractivity contribution is -0.0849. The van der Waals surface area contributed by atoms with Crippen LogP contribution in [0.2, 0.25) is 0 Å². The second kappa shape index (κ2) is 2.52. The van der Waals surface area contributed by atoms with E-state index >= 15 is 0 Å². The molecule has 0 spiro atoms. The molecular formula is C13H22. The van der Waals surface area contributed by atoms with Gasteiger partial charge in [-0.2, -0.15) is 0 Å². The van der Waals surface area contributed by atoms with E-state index in [0.717, 1.165) is 35.5 Å². The molecule has 0 aromatic rings. The molecule has 0 aliphatic heterocycles. The number of fused-ring (bicyclic) bond motifs is 1. The van der Waals surface area contributed by atoms with Crippen LogP contribution in [0.5, 0.6) is 0 Å². The van der Waals surface area contributed by atoms with Gasteiger partial charge in [-0.1, -0.05) is 20.8 Å². The van der Waals surface area contributed by atoms with E-state index in [1.54, 1.807) is 19.3 Å². The maximum atomic E-state index is 2.44. The highest BCUT2D eigenvalue weighted by Crippen LogP contribution is 2.62. The Morgan fingerprint density at radius 3 is 2.00 bits per heavy atom. The molecule has 0 heterocycles. The van der Waals surface area contributed by atoms with Crippen LogP contribution in [0.4, 0.5) is 0 Å². The van der Waals surface area contributed by atoms with Gasteiger partial charge in [0.1, 0.15) is 0 Å². The van der Waals surface area contributed by atoms with Gasteiger partial charge in [-0.25, -0.2) is 0 Å². The van der Waals surface area contributed by atoms with E-state index in [0.29, 0.717) is 0 Å². The fraction of sp³-hybridized carbons (Fsp3) is 1.00. The van der Waals surface area contributed by atoms with Crippen LogP contribution in [0.25, 0.3) is 0 Å². The summed E-state index contributed by atoms with van der Waals surface area (Å²) in [4.78, 5) is 0. The zero-order valence-corrected chi connectivity index (χ0v) is 9.16. The van der Waals surface area contributed by atoms with Gasteiger partial charge < -0.3 is 0 Å². The molecule has 0 amide bonds. The van der Waals surface area contributed by atoms with Crippen molar-refractivity contribution in [3.05, 3.63) is 0 Å². The molecule has 0 bridgehead atoms. The van der Waals surface area contributed by atoms with Gasteiger partial charge in [0.2, 0.25) is 0 Å². The minimum atomic E-state index is 1.05. The molecule has 0 saturated heterocycles. The van der Waals surface area contributed by atoms with E-state index in [9.17, 15) is 0 Å². The van der Waals surface area contributed by atoms with E-state index < -0.39 is 0 Å². The summed E-state index contributed by atoms with van der Waals surface area (Å²) < 4.78 is 0. The molecule has 0 heteroatoms. The second-order valence-electron chi connectivity index (χ2n) is 6.15. The number of hydrogen-bond donors (Lipinski definition) is 0. The van der Waals surface area contributed by atoms with Crippen molar-refractivity contribution >= 4 is 0 Å². The lowest BCUT2D eigenvalue weighted by Gasteiger charge is -2.58. The Morgan fingerprint density at radius 1 is 0.923 bits per heavy atom. The minimum Gasteiger partial charge on any atom is -0.0622 e. The molecule has 3 aliphatic carbocycles. The van der Waals surface area contributed by atoms with Gasteiger partial charge in [-0.05, 0) is 60.7 Å². The molecule has 0 radical (unpaired) electrons. The monoisotopic (exact) mass is 178 g/mol. The van der Waals surface area contributed by atoms with Crippen molar-refractivity contribution in [2.24, 2.45) is 41.4 Å². The molecule has 0 aromatic carbocycles. The van der Waals surface area contributed by atoms with Crippen molar-refractivity contribution < 1.29 is 0 Å². The first-order valence-corrected chi connectivity index (χ1v) is 6.18. The average molecular weight is 178 g/mol. The van der Waals surface area contributed by atoms with Crippen molar-refractivity contribution in [1.82, 2.24) is 0 Å². The van der Waals surface area contributed by atoms with Crippen molar-refractivity contribution in [2.75, 3.05) is 0 Å². The maximum Gasteiger partial charge on any atom is -0.0352 e. The molecule has 0 nitrogen and oxygen atoms in total. The summed E-state index contributed by atoms with van der Waals surface area (Å²) in [6.45, 7) is 7.32. The van der Waals surface area contributed by atoms with Gasteiger partial charge in [0, 0.05) is 0 Å². The van der Waals surface area contributed by atoms with Crippen molar-refractivity contribution in [1.29, 1.82) is 0 Å². The van der Waals surface area contributed by atoms with E-state index in [4.69, 9.17) is 0 Å². The highest BCUT2D eigenvalue weighted by Gasteiger charge is 2.54. The average Bonchev–Trinajstić information content (AvgIpc) is 2.64. The molecule has 3 fully saturated rings. The van der Waals surface area contributed by atoms with Gasteiger partial charge in [-0.3, -0.25) is 0 Å². The molecule has 0 N–H and O–H groups in total. The lowest BCUT2D eigenvalue weighted by Crippen LogP contribution is -2.50. The van der Waals surface area contributed by atoms with Crippen LogP contribution < -0.4 is 0 Å². The molecule has 3 saturated carbocycles. The van der Waals surface area contributed by atoms with E-state index in [1.165, 1.54) is 5.92 Å². The van der Waals surface area contributed by atoms with Crippen molar-refractivity contribution in [3.8, 4) is 0 Å². The summed E-state index contributed by atoms with van der Waals surface area (Å²) in [5.74, 6) is 7.79. The topological polar surface area (TPSA) is 0 Å². The highest BCUT2D eigenvalue weighted by atomic mass is 14.6. The highest BCUT2D eigenvalue weighted by molar-refractivity contribution is 5.03. The Morgan fingerprint density at radius 2 is 1.62 bits per heavy atom. The first-order chi connectivity index (χ1) is 6.18. The van der Waals surface area contributed by atoms with E-state index in [2.05, 4.69) is 20.8 Å². The van der Waals surface area contributed by atoms with Gasteiger partial charge in [0.25, 0.3) is 0 Å². The summed E-state index contributed by atoms with van der Waals surface area (Å²) in [6, 6.07) is 0. The fourth-order valence-corrected chi connectivity index (χ4v) is 4.10. The predicted molar refractivity (Wildman–Crippen MR) is 55.3 cm³/mol. The molecule has 3 aliphatic rings. The van der Waals surface area contributed by atoms with Crippen LogP contribution in [-0.4, -0.2) is 0 Å². The summed E-state index contributed by atoms with van der Waals surface area (Å²) in [7, 11) is 0. The lowest BCUT2D eigenvalue weighted by atomic mass is 9.47. The molecule has 74 valence electrons. The smallest absolute Gasteiger partial charge is 0.0352 e. The summed E-state index contributed by atoms with van der Waals surface area (Å²) in [5.41, 5.74) is 0. The Kier molecular flexibility index (Phi) is 1.61. The molecule has 0 aromatic heterocycles. The molecule has 13 heavy (non-hydrogen) atoms. The third-order valence-electron chi connectivity index (χ3n) is 5.72. The quantitative estimate of drug-likeness (QED) is 0.606. The zero-order chi connectivity index (χ0) is 9.16. The van der Waals surface area contributed by atoms with E-state index in [-0.39, 0.29) is 0 Å². The van der Waals surface area contributed by atoms with Gasteiger partial charge in [-0.15, -0.1) is 0 Å². The third kappa shape index (κ3) is 1.04. The summed E-state index contributed by atoms with van der Waals surface area (Å²) >= 11 is 0. The molecule has 6 atom stereocenters. The Bertz CT molecular complexity index is 212.